The number of amides is 1. The molecule has 1 amide bonds. The van der Waals surface area contributed by atoms with E-state index in [0.717, 1.165) is 31.0 Å². The summed E-state index contributed by atoms with van der Waals surface area (Å²) < 4.78 is 13.4. The molecule has 2 heterocycles. The molecule has 2 aliphatic heterocycles. The topological polar surface area (TPSA) is 35.6 Å². The molecule has 4 nitrogen and oxygen atoms in total. The van der Waals surface area contributed by atoms with Gasteiger partial charge in [-0.3, -0.25) is 4.79 Å². The summed E-state index contributed by atoms with van der Waals surface area (Å²) in [6.07, 6.45) is 0. The fourth-order valence-corrected chi connectivity index (χ4v) is 2.86. The van der Waals surface area contributed by atoms with Crippen molar-refractivity contribution in [3.05, 3.63) is 24.0 Å². The Kier molecular flexibility index (Phi) is 3.38. The molecule has 0 spiro atoms. The lowest BCUT2D eigenvalue weighted by atomic mass is 9.87. The van der Waals surface area contributed by atoms with Crippen molar-refractivity contribution in [3.8, 4) is 0 Å². The fraction of sp³-hybridized carbons (Fsp3) is 0.533. The molecule has 108 valence electrons. The van der Waals surface area contributed by atoms with Crippen LogP contribution in [-0.4, -0.2) is 39.1 Å². The van der Waals surface area contributed by atoms with Gasteiger partial charge in [0.25, 0.3) is 0 Å². The summed E-state index contributed by atoms with van der Waals surface area (Å²) in [5.74, 6) is 0.321. The second kappa shape index (κ2) is 5.05. The second-order valence-electron chi connectivity index (χ2n) is 5.75. The van der Waals surface area contributed by atoms with Gasteiger partial charge in [-0.1, -0.05) is 6.92 Å². The minimum atomic E-state index is -0.263. The van der Waals surface area contributed by atoms with Crippen LogP contribution < -0.4 is 15.1 Å². The van der Waals surface area contributed by atoms with Crippen LogP contribution in [0.25, 0.3) is 0 Å². The van der Waals surface area contributed by atoms with E-state index in [2.05, 4.69) is 5.32 Å². The number of benzene rings is 1. The number of fused-ring (bicyclic) bond motifs is 1. The number of hydrogen-bond donors (Lipinski definition) is 1. The number of nitrogens with one attached hydrogen (secondary N) is 1. The van der Waals surface area contributed by atoms with Crippen LogP contribution in [0.1, 0.15) is 6.92 Å². The molecule has 1 aromatic carbocycles. The van der Waals surface area contributed by atoms with Gasteiger partial charge < -0.3 is 15.1 Å². The van der Waals surface area contributed by atoms with Crippen LogP contribution in [0, 0.1) is 17.7 Å². The van der Waals surface area contributed by atoms with Crippen molar-refractivity contribution in [3.63, 3.8) is 0 Å². The molecular weight excluding hydrogens is 257 g/mol. The molecule has 1 fully saturated rings. The number of nitrogens with zero attached hydrogens (tertiary/aromatic N) is 2. The lowest BCUT2D eigenvalue weighted by molar-refractivity contribution is -0.124. The van der Waals surface area contributed by atoms with Gasteiger partial charge in [-0.2, -0.15) is 0 Å². The lowest BCUT2D eigenvalue weighted by Crippen LogP contribution is -2.52. The maximum Gasteiger partial charge on any atom is 0.230 e. The first-order valence-corrected chi connectivity index (χ1v) is 7.10. The van der Waals surface area contributed by atoms with Gasteiger partial charge in [0.1, 0.15) is 5.82 Å². The molecule has 2 aliphatic rings. The first-order valence-electron chi connectivity index (χ1n) is 7.10. The summed E-state index contributed by atoms with van der Waals surface area (Å²) in [6, 6.07) is 4.64. The van der Waals surface area contributed by atoms with E-state index in [-0.39, 0.29) is 17.6 Å². The van der Waals surface area contributed by atoms with E-state index in [1.54, 1.807) is 6.07 Å². The lowest BCUT2D eigenvalue weighted by Gasteiger charge is -2.39. The van der Waals surface area contributed by atoms with E-state index < -0.39 is 0 Å². The third kappa shape index (κ3) is 2.16. The van der Waals surface area contributed by atoms with Crippen molar-refractivity contribution in [2.75, 3.05) is 43.0 Å². The van der Waals surface area contributed by atoms with Crippen LogP contribution in [0.2, 0.25) is 0 Å². The third-order valence-electron chi connectivity index (χ3n) is 4.47. The third-order valence-corrected chi connectivity index (χ3v) is 4.47. The Hall–Kier alpha value is -1.62. The zero-order chi connectivity index (χ0) is 14.3. The molecule has 1 saturated heterocycles. The van der Waals surface area contributed by atoms with Crippen molar-refractivity contribution in [2.24, 2.45) is 11.8 Å². The first-order chi connectivity index (χ1) is 9.58. The minimum Gasteiger partial charge on any atom is -0.371 e. The van der Waals surface area contributed by atoms with Crippen molar-refractivity contribution in [1.29, 1.82) is 0 Å². The van der Waals surface area contributed by atoms with Gasteiger partial charge in [-0.25, -0.2) is 4.39 Å². The molecule has 0 aromatic heterocycles. The molecule has 0 radical (unpaired) electrons. The largest absolute Gasteiger partial charge is 0.371 e. The number of rotatable bonds is 2. The Morgan fingerprint density at radius 2 is 2.10 bits per heavy atom. The molecule has 1 aromatic rings. The Balaban J connectivity index is 1.88. The number of carbonyl (C=O) groups is 1. The highest BCUT2D eigenvalue weighted by molar-refractivity contribution is 5.99. The van der Waals surface area contributed by atoms with Crippen molar-refractivity contribution < 1.29 is 9.18 Å². The van der Waals surface area contributed by atoms with Crippen LogP contribution in [0.4, 0.5) is 15.8 Å². The summed E-state index contributed by atoms with van der Waals surface area (Å²) in [7, 11) is 1.93. The van der Waals surface area contributed by atoms with Crippen molar-refractivity contribution >= 4 is 17.3 Å². The Morgan fingerprint density at radius 3 is 2.75 bits per heavy atom. The summed E-state index contributed by atoms with van der Waals surface area (Å²) in [6.45, 7) is 5.22. The minimum absolute atomic E-state index is 0.0116. The van der Waals surface area contributed by atoms with Crippen LogP contribution in [-0.2, 0) is 4.79 Å². The molecule has 20 heavy (non-hydrogen) atoms. The van der Waals surface area contributed by atoms with Gasteiger partial charge in [0.15, 0.2) is 0 Å². The molecule has 1 atom stereocenters. The molecule has 0 aliphatic carbocycles. The SMILES string of the molecule is CC(C(=O)N1CCN(C)c2cc(F)ccc21)C1CNC1. The average molecular weight is 277 g/mol. The van der Waals surface area contributed by atoms with E-state index in [1.807, 2.05) is 23.8 Å². The smallest absolute Gasteiger partial charge is 0.230 e. The zero-order valence-electron chi connectivity index (χ0n) is 11.9. The average Bonchev–Trinajstić information content (AvgIpc) is 2.37. The van der Waals surface area contributed by atoms with E-state index in [0.29, 0.717) is 12.5 Å². The van der Waals surface area contributed by atoms with E-state index in [1.165, 1.54) is 12.1 Å². The van der Waals surface area contributed by atoms with Crippen LogP contribution in [0.3, 0.4) is 0 Å². The highest BCUT2D eigenvalue weighted by Crippen LogP contribution is 2.34. The predicted molar refractivity (Wildman–Crippen MR) is 77.5 cm³/mol. The fourth-order valence-electron chi connectivity index (χ4n) is 2.86. The van der Waals surface area contributed by atoms with Crippen LogP contribution in [0.5, 0.6) is 0 Å². The van der Waals surface area contributed by atoms with Crippen LogP contribution >= 0.6 is 0 Å². The predicted octanol–water partition coefficient (Wildman–Crippen LogP) is 1.46. The van der Waals surface area contributed by atoms with Gasteiger partial charge in [0.2, 0.25) is 5.91 Å². The summed E-state index contributed by atoms with van der Waals surface area (Å²) in [4.78, 5) is 16.5. The van der Waals surface area contributed by atoms with Gasteiger partial charge in [-0.05, 0) is 37.2 Å². The standard InChI is InChI=1S/C15H20FN3O/c1-10(11-8-17-9-11)15(20)19-6-5-18(2)14-7-12(16)3-4-13(14)19/h3-4,7,10-11,17H,5-6,8-9H2,1-2H3. The molecule has 1 unspecified atom stereocenters. The number of carbonyl (C=O) groups excluding carboxylic acids is 1. The van der Waals surface area contributed by atoms with Gasteiger partial charge in [-0.15, -0.1) is 0 Å². The maximum absolute atomic E-state index is 13.4. The molecule has 5 heteroatoms. The summed E-state index contributed by atoms with van der Waals surface area (Å²) >= 11 is 0. The van der Waals surface area contributed by atoms with Gasteiger partial charge in [0, 0.05) is 26.1 Å². The molecule has 1 N–H and O–H groups in total. The normalized spacial score (nSPS) is 20.4. The number of halogens is 1. The number of hydrogen-bond acceptors (Lipinski definition) is 3. The Morgan fingerprint density at radius 1 is 1.35 bits per heavy atom. The first kappa shape index (κ1) is 13.4. The van der Waals surface area contributed by atoms with Crippen LogP contribution in [0.15, 0.2) is 18.2 Å². The number of likely N-dealkylation sites (N-methyl/N-ethyl adjacent to an activating group) is 1. The van der Waals surface area contributed by atoms with Gasteiger partial charge >= 0.3 is 0 Å². The van der Waals surface area contributed by atoms with E-state index in [4.69, 9.17) is 0 Å². The Bertz CT molecular complexity index is 530. The van der Waals surface area contributed by atoms with Crippen molar-refractivity contribution in [1.82, 2.24) is 5.32 Å². The highest BCUT2D eigenvalue weighted by atomic mass is 19.1. The maximum atomic E-state index is 13.4. The molecule has 0 saturated carbocycles. The molecule has 0 bridgehead atoms. The summed E-state index contributed by atoms with van der Waals surface area (Å²) in [5.41, 5.74) is 1.62. The zero-order valence-corrected chi connectivity index (χ0v) is 11.9. The van der Waals surface area contributed by atoms with E-state index >= 15 is 0 Å². The summed E-state index contributed by atoms with van der Waals surface area (Å²) in [5, 5.41) is 3.21. The molecular formula is C15H20FN3O. The van der Waals surface area contributed by atoms with Gasteiger partial charge in [0.05, 0.1) is 11.4 Å². The monoisotopic (exact) mass is 277 g/mol. The highest BCUT2D eigenvalue weighted by Gasteiger charge is 2.34. The quantitative estimate of drug-likeness (QED) is 0.889. The second-order valence-corrected chi connectivity index (χ2v) is 5.75. The van der Waals surface area contributed by atoms with E-state index in [9.17, 15) is 9.18 Å². The Labute approximate surface area is 118 Å². The number of anilines is 2. The van der Waals surface area contributed by atoms with Crippen molar-refractivity contribution in [2.45, 2.75) is 6.92 Å². The molecule has 3 rings (SSSR count).